The summed E-state index contributed by atoms with van der Waals surface area (Å²) in [6, 6.07) is 10.7. The number of aromatic nitrogens is 4. The zero-order valence-corrected chi connectivity index (χ0v) is 18.0. The Morgan fingerprint density at radius 1 is 1.17 bits per heavy atom. The topological polar surface area (TPSA) is 91.0 Å². The van der Waals surface area contributed by atoms with Gasteiger partial charge in [-0.25, -0.2) is 9.48 Å². The van der Waals surface area contributed by atoms with Crippen molar-refractivity contribution in [1.82, 2.24) is 19.6 Å². The summed E-state index contributed by atoms with van der Waals surface area (Å²) in [5.41, 5.74) is 2.41. The number of amides is 1. The molecule has 0 aliphatic rings. The monoisotopic (exact) mass is 443 g/mol. The maximum Gasteiger partial charge on any atom is 0.348 e. The number of benzene rings is 1. The molecule has 8 nitrogen and oxygen atoms in total. The van der Waals surface area contributed by atoms with Crippen LogP contribution in [0.4, 0.5) is 5.82 Å². The molecule has 0 bridgehead atoms. The zero-order chi connectivity index (χ0) is 21.4. The fraction of sp³-hybridized carbons (Fsp3) is 0.200. The Labute approximate surface area is 181 Å². The van der Waals surface area contributed by atoms with E-state index in [9.17, 15) is 9.59 Å². The first kappa shape index (κ1) is 20.1. The van der Waals surface area contributed by atoms with E-state index < -0.39 is 11.9 Å². The normalized spacial score (nSPS) is 11.1. The predicted molar refractivity (Wildman–Crippen MR) is 116 cm³/mol. The molecule has 1 amide bonds. The number of nitrogens with zero attached hydrogens (tertiary/aromatic N) is 4. The molecular formula is C20H18ClN5O3S. The summed E-state index contributed by atoms with van der Waals surface area (Å²) in [7, 11) is 1.72. The van der Waals surface area contributed by atoms with Crippen LogP contribution in [0, 0.1) is 13.8 Å². The lowest BCUT2D eigenvalue weighted by Gasteiger charge is -2.06. The van der Waals surface area contributed by atoms with E-state index in [0.717, 1.165) is 27.3 Å². The van der Waals surface area contributed by atoms with Gasteiger partial charge in [-0.15, -0.1) is 11.3 Å². The van der Waals surface area contributed by atoms with Gasteiger partial charge in [0.1, 0.15) is 15.5 Å². The zero-order valence-electron chi connectivity index (χ0n) is 16.5. The molecule has 10 heteroatoms. The number of fused-ring (bicyclic) bond motifs is 1. The van der Waals surface area contributed by atoms with Crippen LogP contribution >= 0.6 is 22.9 Å². The van der Waals surface area contributed by atoms with Crippen molar-refractivity contribution in [3.63, 3.8) is 0 Å². The molecule has 4 rings (SSSR count). The third-order valence-electron chi connectivity index (χ3n) is 4.42. The van der Waals surface area contributed by atoms with Gasteiger partial charge in [0.05, 0.1) is 17.1 Å². The second-order valence-corrected chi connectivity index (χ2v) is 8.19. The number of carbonyl (C=O) groups is 2. The lowest BCUT2D eigenvalue weighted by molar-refractivity contribution is -0.119. The first-order valence-corrected chi connectivity index (χ1v) is 10.2. The van der Waals surface area contributed by atoms with E-state index in [0.29, 0.717) is 15.7 Å². The quantitative estimate of drug-likeness (QED) is 0.472. The van der Waals surface area contributed by atoms with E-state index in [1.165, 1.54) is 11.3 Å². The smallest absolute Gasteiger partial charge is 0.348 e. The number of aryl methyl sites for hydroxylation is 3. The Kier molecular flexibility index (Phi) is 5.31. The number of anilines is 1. The van der Waals surface area contributed by atoms with E-state index in [-0.39, 0.29) is 6.61 Å². The van der Waals surface area contributed by atoms with Gasteiger partial charge in [0.2, 0.25) is 0 Å². The molecule has 1 aromatic carbocycles. The maximum atomic E-state index is 12.5. The lowest BCUT2D eigenvalue weighted by atomic mass is 10.3. The lowest BCUT2D eigenvalue weighted by Crippen LogP contribution is -2.21. The molecule has 1 N–H and O–H groups in total. The third-order valence-corrected chi connectivity index (χ3v) is 5.76. The number of esters is 1. The summed E-state index contributed by atoms with van der Waals surface area (Å²) in [4.78, 5) is 25.8. The van der Waals surface area contributed by atoms with Crippen molar-refractivity contribution < 1.29 is 14.3 Å². The molecule has 154 valence electrons. The van der Waals surface area contributed by atoms with E-state index in [2.05, 4.69) is 15.5 Å². The molecule has 0 aliphatic heterocycles. The predicted octanol–water partition coefficient (Wildman–Crippen LogP) is 3.89. The van der Waals surface area contributed by atoms with Crippen molar-refractivity contribution >= 4 is 50.8 Å². The average molecular weight is 444 g/mol. The Bertz CT molecular complexity index is 1260. The van der Waals surface area contributed by atoms with Crippen LogP contribution in [0.5, 0.6) is 0 Å². The van der Waals surface area contributed by atoms with Crippen LogP contribution in [0.2, 0.25) is 5.02 Å². The molecule has 0 spiro atoms. The number of carbonyl (C=O) groups excluding carboxylic acids is 2. The summed E-state index contributed by atoms with van der Waals surface area (Å²) in [5, 5.41) is 12.9. The van der Waals surface area contributed by atoms with Gasteiger partial charge in [-0.2, -0.15) is 10.2 Å². The number of hydrogen-bond donors (Lipinski definition) is 1. The van der Waals surface area contributed by atoms with Gasteiger partial charge in [-0.1, -0.05) is 11.6 Å². The van der Waals surface area contributed by atoms with Crippen molar-refractivity contribution in [1.29, 1.82) is 0 Å². The number of hydrogen-bond acceptors (Lipinski definition) is 6. The van der Waals surface area contributed by atoms with E-state index in [1.807, 2.05) is 26.0 Å². The molecule has 0 radical (unpaired) electrons. The first-order chi connectivity index (χ1) is 14.3. The van der Waals surface area contributed by atoms with Crippen molar-refractivity contribution in [3.05, 3.63) is 57.7 Å². The van der Waals surface area contributed by atoms with Crippen LogP contribution in [0.25, 0.3) is 15.9 Å². The number of rotatable bonds is 5. The van der Waals surface area contributed by atoms with Gasteiger partial charge in [-0.3, -0.25) is 9.48 Å². The summed E-state index contributed by atoms with van der Waals surface area (Å²) in [5.74, 6) is -0.459. The van der Waals surface area contributed by atoms with Gasteiger partial charge >= 0.3 is 5.97 Å². The number of halogens is 1. The minimum Gasteiger partial charge on any atom is -0.451 e. The summed E-state index contributed by atoms with van der Waals surface area (Å²) in [6.07, 6.45) is 0. The second-order valence-electron chi connectivity index (χ2n) is 6.72. The highest BCUT2D eigenvalue weighted by molar-refractivity contribution is 7.20. The molecule has 3 heterocycles. The van der Waals surface area contributed by atoms with E-state index in [1.54, 1.807) is 40.7 Å². The van der Waals surface area contributed by atoms with E-state index in [4.69, 9.17) is 16.3 Å². The van der Waals surface area contributed by atoms with Crippen LogP contribution in [-0.2, 0) is 16.6 Å². The average Bonchev–Trinajstić information content (AvgIpc) is 3.36. The molecule has 3 aromatic heterocycles. The standard InChI is InChI=1S/C20H18ClN5O3S/c1-11-8-17(25(3)23-11)22-18(27)10-29-20(28)16-9-15-12(2)24-26(19(15)30-16)14-6-4-13(21)5-7-14/h4-9H,10H2,1-3H3,(H,22,27). The summed E-state index contributed by atoms with van der Waals surface area (Å²) >= 11 is 7.22. The van der Waals surface area contributed by atoms with Crippen LogP contribution in [-0.4, -0.2) is 38.0 Å². The minimum atomic E-state index is -0.561. The number of nitrogens with one attached hydrogen (secondary N) is 1. The first-order valence-electron chi connectivity index (χ1n) is 9.04. The molecule has 0 saturated heterocycles. The van der Waals surface area contributed by atoms with Gasteiger partial charge < -0.3 is 10.1 Å². The highest BCUT2D eigenvalue weighted by Crippen LogP contribution is 2.31. The largest absolute Gasteiger partial charge is 0.451 e. The van der Waals surface area contributed by atoms with Gasteiger partial charge in [0, 0.05) is 23.5 Å². The van der Waals surface area contributed by atoms with Crippen LogP contribution in [0.3, 0.4) is 0 Å². The van der Waals surface area contributed by atoms with E-state index >= 15 is 0 Å². The Balaban J connectivity index is 1.48. The fourth-order valence-electron chi connectivity index (χ4n) is 3.01. The van der Waals surface area contributed by atoms with Gasteiger partial charge in [0.25, 0.3) is 5.91 Å². The van der Waals surface area contributed by atoms with Crippen molar-refractivity contribution in [3.8, 4) is 5.69 Å². The molecule has 0 aliphatic carbocycles. The summed E-state index contributed by atoms with van der Waals surface area (Å²) < 4.78 is 8.50. The molecule has 0 fully saturated rings. The molecular weight excluding hydrogens is 426 g/mol. The number of ether oxygens (including phenoxy) is 1. The van der Waals surface area contributed by atoms with Gasteiger partial charge in [-0.05, 0) is 44.2 Å². The molecule has 0 unspecified atom stereocenters. The Morgan fingerprint density at radius 2 is 1.90 bits per heavy atom. The highest BCUT2D eigenvalue weighted by Gasteiger charge is 2.19. The SMILES string of the molecule is Cc1cc(NC(=O)COC(=O)c2cc3c(C)nn(-c4ccc(Cl)cc4)c3s2)n(C)n1. The third kappa shape index (κ3) is 3.94. The summed E-state index contributed by atoms with van der Waals surface area (Å²) in [6.45, 7) is 3.31. The molecule has 0 atom stereocenters. The van der Waals surface area contributed by atoms with Crippen molar-refractivity contribution in [2.75, 3.05) is 11.9 Å². The molecule has 0 saturated carbocycles. The second kappa shape index (κ2) is 7.92. The highest BCUT2D eigenvalue weighted by atomic mass is 35.5. The van der Waals surface area contributed by atoms with Crippen molar-refractivity contribution in [2.45, 2.75) is 13.8 Å². The van der Waals surface area contributed by atoms with Crippen LogP contribution in [0.1, 0.15) is 21.1 Å². The van der Waals surface area contributed by atoms with Crippen LogP contribution in [0.15, 0.2) is 36.4 Å². The number of thiophene rings is 1. The van der Waals surface area contributed by atoms with Crippen molar-refractivity contribution in [2.24, 2.45) is 7.05 Å². The fourth-order valence-corrected chi connectivity index (χ4v) is 4.22. The van der Waals surface area contributed by atoms with Crippen LogP contribution < -0.4 is 5.32 Å². The maximum absolute atomic E-state index is 12.5. The van der Waals surface area contributed by atoms with Gasteiger partial charge in [0.15, 0.2) is 6.61 Å². The molecule has 4 aromatic rings. The Hall–Kier alpha value is -3.17. The molecule has 30 heavy (non-hydrogen) atoms. The minimum absolute atomic E-state index is 0.389. The Morgan fingerprint density at radius 3 is 2.57 bits per heavy atom.